The highest BCUT2D eigenvalue weighted by molar-refractivity contribution is 9.11. The molecule has 96 valence electrons. The number of halogens is 1. The summed E-state index contributed by atoms with van der Waals surface area (Å²) in [5.41, 5.74) is 2.28. The molecule has 1 aromatic carbocycles. The van der Waals surface area contributed by atoms with E-state index in [2.05, 4.69) is 62.6 Å². The molecule has 0 bridgehead atoms. The number of thiophene rings is 1. The molecule has 0 aliphatic carbocycles. The van der Waals surface area contributed by atoms with Crippen LogP contribution in [0.25, 0.3) is 10.9 Å². The lowest BCUT2D eigenvalue weighted by Gasteiger charge is -2.15. The van der Waals surface area contributed by atoms with Gasteiger partial charge in [0.1, 0.15) is 0 Å². The first kappa shape index (κ1) is 12.8. The van der Waals surface area contributed by atoms with Gasteiger partial charge in [0.05, 0.1) is 15.3 Å². The number of aromatic nitrogens is 1. The van der Waals surface area contributed by atoms with Gasteiger partial charge in [0.25, 0.3) is 0 Å². The number of nitrogens with zero attached hydrogens (tertiary/aromatic N) is 1. The Balaban J connectivity index is 2.06. The molecule has 3 rings (SSSR count). The average Bonchev–Trinajstić information content (AvgIpc) is 2.86. The van der Waals surface area contributed by atoms with Crippen LogP contribution in [0.4, 0.5) is 0 Å². The highest BCUT2D eigenvalue weighted by atomic mass is 79.9. The minimum Gasteiger partial charge on any atom is -0.309 e. The molecular weight excluding hydrogens is 320 g/mol. The van der Waals surface area contributed by atoms with Crippen molar-refractivity contribution in [3.05, 3.63) is 62.9 Å². The molecule has 2 heterocycles. The maximum Gasteiger partial charge on any atom is 0.0705 e. The molecule has 0 saturated carbocycles. The molecule has 1 unspecified atom stereocenters. The molecule has 0 saturated heterocycles. The monoisotopic (exact) mass is 332 g/mol. The van der Waals surface area contributed by atoms with E-state index in [4.69, 9.17) is 0 Å². The lowest BCUT2D eigenvalue weighted by atomic mass is 10.0. The van der Waals surface area contributed by atoms with Gasteiger partial charge in [-0.1, -0.05) is 18.2 Å². The minimum absolute atomic E-state index is 0.211. The Morgan fingerprint density at radius 2 is 2.11 bits per heavy atom. The first-order valence-electron chi connectivity index (χ1n) is 6.05. The van der Waals surface area contributed by atoms with Gasteiger partial charge in [-0.3, -0.25) is 4.98 Å². The Morgan fingerprint density at radius 3 is 2.84 bits per heavy atom. The summed E-state index contributed by atoms with van der Waals surface area (Å²) in [7, 11) is 1.99. The van der Waals surface area contributed by atoms with Gasteiger partial charge in [0.2, 0.25) is 0 Å². The van der Waals surface area contributed by atoms with Gasteiger partial charge in [-0.05, 0) is 52.8 Å². The van der Waals surface area contributed by atoms with Crippen molar-refractivity contribution in [3.8, 4) is 0 Å². The van der Waals surface area contributed by atoms with E-state index < -0.39 is 0 Å². The maximum atomic E-state index is 4.42. The van der Waals surface area contributed by atoms with Crippen LogP contribution in [0, 0.1) is 0 Å². The fourth-order valence-corrected chi connectivity index (χ4v) is 3.78. The summed E-state index contributed by atoms with van der Waals surface area (Å²) in [5.74, 6) is 0. The van der Waals surface area contributed by atoms with Gasteiger partial charge in [-0.25, -0.2) is 0 Å². The largest absolute Gasteiger partial charge is 0.309 e. The SMILES string of the molecule is CNC(c1ccc2cccnc2c1)c1ccc(Br)s1. The Bertz CT molecular complexity index is 708. The third kappa shape index (κ3) is 2.56. The van der Waals surface area contributed by atoms with Crippen molar-refractivity contribution in [2.75, 3.05) is 7.05 Å². The average molecular weight is 333 g/mol. The highest BCUT2D eigenvalue weighted by Crippen LogP contribution is 2.31. The van der Waals surface area contributed by atoms with Crippen LogP contribution in [0.2, 0.25) is 0 Å². The van der Waals surface area contributed by atoms with E-state index in [0.717, 1.165) is 9.30 Å². The summed E-state index contributed by atoms with van der Waals surface area (Å²) in [6, 6.07) is 15.0. The minimum atomic E-state index is 0.211. The number of benzene rings is 1. The fourth-order valence-electron chi connectivity index (χ4n) is 2.22. The summed E-state index contributed by atoms with van der Waals surface area (Å²) in [4.78, 5) is 5.72. The summed E-state index contributed by atoms with van der Waals surface area (Å²) >= 11 is 5.27. The van der Waals surface area contributed by atoms with Crippen LogP contribution in [-0.2, 0) is 0 Å². The highest BCUT2D eigenvalue weighted by Gasteiger charge is 2.14. The van der Waals surface area contributed by atoms with Crippen LogP contribution >= 0.6 is 27.3 Å². The smallest absolute Gasteiger partial charge is 0.0705 e. The van der Waals surface area contributed by atoms with Crippen LogP contribution in [0.5, 0.6) is 0 Å². The lowest BCUT2D eigenvalue weighted by molar-refractivity contribution is 0.704. The van der Waals surface area contributed by atoms with E-state index in [9.17, 15) is 0 Å². The van der Waals surface area contributed by atoms with Gasteiger partial charge in [-0.2, -0.15) is 0 Å². The predicted molar refractivity (Wildman–Crippen MR) is 84.7 cm³/mol. The number of nitrogens with one attached hydrogen (secondary N) is 1. The predicted octanol–water partition coefficient (Wildman–Crippen LogP) is 4.37. The van der Waals surface area contributed by atoms with Crippen molar-refractivity contribution < 1.29 is 0 Å². The van der Waals surface area contributed by atoms with Gasteiger partial charge >= 0.3 is 0 Å². The molecule has 0 fully saturated rings. The molecule has 4 heteroatoms. The van der Waals surface area contributed by atoms with E-state index in [1.54, 1.807) is 11.3 Å². The molecule has 2 aromatic heterocycles. The quantitative estimate of drug-likeness (QED) is 0.770. The first-order valence-corrected chi connectivity index (χ1v) is 7.66. The van der Waals surface area contributed by atoms with E-state index in [1.165, 1.54) is 15.8 Å². The molecule has 3 aromatic rings. The molecule has 2 nitrogen and oxygen atoms in total. The van der Waals surface area contributed by atoms with Gasteiger partial charge in [0.15, 0.2) is 0 Å². The third-order valence-corrected chi connectivity index (χ3v) is 4.82. The molecule has 0 radical (unpaired) electrons. The zero-order valence-electron chi connectivity index (χ0n) is 10.4. The zero-order valence-corrected chi connectivity index (χ0v) is 12.8. The van der Waals surface area contributed by atoms with Crippen LogP contribution in [-0.4, -0.2) is 12.0 Å². The van der Waals surface area contributed by atoms with Crippen LogP contribution in [0.3, 0.4) is 0 Å². The number of pyridine rings is 1. The number of rotatable bonds is 3. The summed E-state index contributed by atoms with van der Waals surface area (Å²) in [5, 5.41) is 4.55. The van der Waals surface area contributed by atoms with E-state index in [-0.39, 0.29) is 6.04 Å². The second-order valence-electron chi connectivity index (χ2n) is 4.32. The van der Waals surface area contributed by atoms with Crippen molar-refractivity contribution in [1.82, 2.24) is 10.3 Å². The summed E-state index contributed by atoms with van der Waals surface area (Å²) < 4.78 is 1.15. The summed E-state index contributed by atoms with van der Waals surface area (Å²) in [6.07, 6.45) is 1.84. The Labute approximate surface area is 124 Å². The number of fused-ring (bicyclic) bond motifs is 1. The van der Waals surface area contributed by atoms with Gasteiger partial charge in [0, 0.05) is 16.5 Å². The third-order valence-electron chi connectivity index (χ3n) is 3.13. The van der Waals surface area contributed by atoms with E-state index >= 15 is 0 Å². The Morgan fingerprint density at radius 1 is 1.21 bits per heavy atom. The lowest BCUT2D eigenvalue weighted by Crippen LogP contribution is -2.16. The standard InChI is InChI=1S/C15H13BrN2S/c1-17-15(13-6-7-14(16)19-13)11-5-4-10-3-2-8-18-12(10)9-11/h2-9,15,17H,1H3. The number of hydrogen-bond acceptors (Lipinski definition) is 3. The normalized spacial score (nSPS) is 12.7. The van der Waals surface area contributed by atoms with Crippen molar-refractivity contribution in [3.63, 3.8) is 0 Å². The molecule has 1 atom stereocenters. The Hall–Kier alpha value is -1.23. The van der Waals surface area contributed by atoms with Crippen molar-refractivity contribution in [2.45, 2.75) is 6.04 Å². The van der Waals surface area contributed by atoms with Crippen LogP contribution in [0.1, 0.15) is 16.5 Å². The molecule has 1 N–H and O–H groups in total. The molecule has 0 amide bonds. The maximum absolute atomic E-state index is 4.42. The van der Waals surface area contributed by atoms with E-state index in [0.29, 0.717) is 0 Å². The Kier molecular flexibility index (Phi) is 3.64. The summed E-state index contributed by atoms with van der Waals surface area (Å²) in [6.45, 7) is 0. The van der Waals surface area contributed by atoms with Gasteiger partial charge < -0.3 is 5.32 Å². The molecule has 0 aliphatic rings. The van der Waals surface area contributed by atoms with Crippen molar-refractivity contribution >= 4 is 38.2 Å². The zero-order chi connectivity index (χ0) is 13.2. The fraction of sp³-hybridized carbons (Fsp3) is 0.133. The van der Waals surface area contributed by atoms with Crippen molar-refractivity contribution in [1.29, 1.82) is 0 Å². The molecule has 19 heavy (non-hydrogen) atoms. The topological polar surface area (TPSA) is 24.9 Å². The number of hydrogen-bond donors (Lipinski definition) is 1. The van der Waals surface area contributed by atoms with Crippen molar-refractivity contribution in [2.24, 2.45) is 0 Å². The first-order chi connectivity index (χ1) is 9.28. The van der Waals surface area contributed by atoms with Crippen LogP contribution < -0.4 is 5.32 Å². The van der Waals surface area contributed by atoms with Gasteiger partial charge in [-0.15, -0.1) is 11.3 Å². The molecular formula is C15H13BrN2S. The van der Waals surface area contributed by atoms with Crippen LogP contribution in [0.15, 0.2) is 52.4 Å². The van der Waals surface area contributed by atoms with E-state index in [1.807, 2.05) is 19.3 Å². The molecule has 0 aliphatic heterocycles. The molecule has 0 spiro atoms. The second kappa shape index (κ2) is 5.41. The second-order valence-corrected chi connectivity index (χ2v) is 6.81.